The van der Waals surface area contributed by atoms with Gasteiger partial charge < -0.3 is 20.8 Å². The summed E-state index contributed by atoms with van der Waals surface area (Å²) in [6.07, 6.45) is 1.98. The lowest BCUT2D eigenvalue weighted by Gasteiger charge is -2.11. The highest BCUT2D eigenvalue weighted by molar-refractivity contribution is 6.03. The molecule has 6 nitrogen and oxygen atoms in total. The molecular formula is C15H17N3O3. The van der Waals surface area contributed by atoms with Gasteiger partial charge in [-0.1, -0.05) is 13.0 Å². The van der Waals surface area contributed by atoms with E-state index in [2.05, 4.69) is 10.6 Å². The average molecular weight is 287 g/mol. The van der Waals surface area contributed by atoms with Crippen molar-refractivity contribution in [2.45, 2.75) is 19.4 Å². The third-order valence-electron chi connectivity index (χ3n) is 2.91. The molecule has 1 aromatic heterocycles. The van der Waals surface area contributed by atoms with Crippen LogP contribution in [-0.2, 0) is 4.79 Å². The Labute approximate surface area is 122 Å². The lowest BCUT2D eigenvalue weighted by atomic mass is 10.2. The zero-order chi connectivity index (χ0) is 15.2. The van der Waals surface area contributed by atoms with Crippen LogP contribution in [0.25, 0.3) is 0 Å². The van der Waals surface area contributed by atoms with Gasteiger partial charge in [-0.2, -0.15) is 0 Å². The summed E-state index contributed by atoms with van der Waals surface area (Å²) in [6, 6.07) is 9.48. The fourth-order valence-electron chi connectivity index (χ4n) is 1.70. The molecule has 4 N–H and O–H groups in total. The second-order valence-corrected chi connectivity index (χ2v) is 4.52. The molecule has 0 aliphatic carbocycles. The Kier molecular flexibility index (Phi) is 4.73. The summed E-state index contributed by atoms with van der Waals surface area (Å²) >= 11 is 0. The Hall–Kier alpha value is -2.60. The lowest BCUT2D eigenvalue weighted by Crippen LogP contribution is -2.34. The maximum atomic E-state index is 11.9. The highest BCUT2D eigenvalue weighted by Crippen LogP contribution is 2.16. The first-order chi connectivity index (χ1) is 10.1. The average Bonchev–Trinajstić information content (AvgIpc) is 3.01. The third kappa shape index (κ3) is 3.93. The molecule has 1 heterocycles. The Morgan fingerprint density at radius 3 is 2.52 bits per heavy atom. The van der Waals surface area contributed by atoms with Crippen molar-refractivity contribution in [1.82, 2.24) is 0 Å². The minimum absolute atomic E-state index is 0.220. The maximum absolute atomic E-state index is 11.9. The van der Waals surface area contributed by atoms with Gasteiger partial charge in [0, 0.05) is 11.4 Å². The predicted molar refractivity (Wildman–Crippen MR) is 80.0 cm³/mol. The van der Waals surface area contributed by atoms with Crippen LogP contribution in [0.3, 0.4) is 0 Å². The van der Waals surface area contributed by atoms with E-state index >= 15 is 0 Å². The van der Waals surface area contributed by atoms with Gasteiger partial charge in [-0.3, -0.25) is 9.59 Å². The summed E-state index contributed by atoms with van der Waals surface area (Å²) in [5, 5.41) is 5.39. The van der Waals surface area contributed by atoms with Crippen LogP contribution in [0, 0.1) is 0 Å². The van der Waals surface area contributed by atoms with E-state index < -0.39 is 6.04 Å². The lowest BCUT2D eigenvalue weighted by molar-refractivity contribution is -0.117. The molecule has 2 amide bonds. The Balaban J connectivity index is 2.04. The largest absolute Gasteiger partial charge is 0.459 e. The van der Waals surface area contributed by atoms with Crippen LogP contribution < -0.4 is 16.4 Å². The normalized spacial score (nSPS) is 11.7. The zero-order valence-corrected chi connectivity index (χ0v) is 11.6. The van der Waals surface area contributed by atoms with Crippen molar-refractivity contribution in [2.75, 3.05) is 10.6 Å². The number of anilines is 2. The summed E-state index contributed by atoms with van der Waals surface area (Å²) in [7, 11) is 0. The van der Waals surface area contributed by atoms with E-state index in [4.69, 9.17) is 10.2 Å². The molecule has 0 bridgehead atoms. The number of nitrogens with two attached hydrogens (primary N) is 1. The smallest absolute Gasteiger partial charge is 0.291 e. The van der Waals surface area contributed by atoms with Gasteiger partial charge in [0.25, 0.3) is 5.91 Å². The Bertz CT molecular complexity index is 623. The molecule has 1 aromatic carbocycles. The quantitative estimate of drug-likeness (QED) is 0.785. The fourth-order valence-corrected chi connectivity index (χ4v) is 1.70. The van der Waals surface area contributed by atoms with Crippen molar-refractivity contribution in [1.29, 1.82) is 0 Å². The summed E-state index contributed by atoms with van der Waals surface area (Å²) in [5.74, 6) is -0.391. The highest BCUT2D eigenvalue weighted by Gasteiger charge is 2.12. The molecule has 1 atom stereocenters. The van der Waals surface area contributed by atoms with Crippen LogP contribution >= 0.6 is 0 Å². The Morgan fingerprint density at radius 1 is 1.19 bits per heavy atom. The molecule has 6 heteroatoms. The predicted octanol–water partition coefficient (Wildman–Crippen LogP) is 2.21. The van der Waals surface area contributed by atoms with Crippen LogP contribution in [0.1, 0.15) is 23.9 Å². The number of furan rings is 1. The monoisotopic (exact) mass is 287 g/mol. The van der Waals surface area contributed by atoms with E-state index in [1.54, 1.807) is 36.4 Å². The summed E-state index contributed by atoms with van der Waals surface area (Å²) in [5.41, 5.74) is 6.78. The molecule has 0 aliphatic rings. The molecule has 2 aromatic rings. The van der Waals surface area contributed by atoms with Gasteiger partial charge in [0.05, 0.1) is 12.3 Å². The highest BCUT2D eigenvalue weighted by atomic mass is 16.3. The van der Waals surface area contributed by atoms with Crippen molar-refractivity contribution in [3.8, 4) is 0 Å². The minimum atomic E-state index is -0.550. The van der Waals surface area contributed by atoms with Crippen molar-refractivity contribution < 1.29 is 14.0 Å². The second kappa shape index (κ2) is 6.71. The van der Waals surface area contributed by atoms with E-state index in [-0.39, 0.29) is 17.6 Å². The van der Waals surface area contributed by atoms with Gasteiger partial charge in [0.1, 0.15) is 0 Å². The minimum Gasteiger partial charge on any atom is -0.459 e. The van der Waals surface area contributed by atoms with Gasteiger partial charge >= 0.3 is 0 Å². The number of hydrogen-bond acceptors (Lipinski definition) is 4. The first-order valence-electron chi connectivity index (χ1n) is 6.61. The van der Waals surface area contributed by atoms with Crippen molar-refractivity contribution in [3.63, 3.8) is 0 Å². The van der Waals surface area contributed by atoms with Gasteiger partial charge in [0.2, 0.25) is 5.91 Å². The van der Waals surface area contributed by atoms with Gasteiger partial charge in [0.15, 0.2) is 5.76 Å². The maximum Gasteiger partial charge on any atom is 0.291 e. The van der Waals surface area contributed by atoms with E-state index in [9.17, 15) is 9.59 Å². The standard InChI is InChI=1S/C15H17N3O3/c1-2-12(16)14(19)17-10-5-3-6-11(9-10)18-15(20)13-7-4-8-21-13/h3-9,12H,2,16H2,1H3,(H,17,19)(H,18,20). The van der Waals surface area contributed by atoms with Crippen LogP contribution in [0.2, 0.25) is 0 Å². The molecule has 110 valence electrons. The third-order valence-corrected chi connectivity index (χ3v) is 2.91. The summed E-state index contributed by atoms with van der Waals surface area (Å²) < 4.78 is 5.01. The topological polar surface area (TPSA) is 97.4 Å². The SMILES string of the molecule is CCC(N)C(=O)Nc1cccc(NC(=O)c2ccco2)c1. The Morgan fingerprint density at radius 2 is 1.90 bits per heavy atom. The first kappa shape index (κ1) is 14.8. The number of amides is 2. The number of carbonyl (C=O) groups excluding carboxylic acids is 2. The molecule has 0 aliphatic heterocycles. The van der Waals surface area contributed by atoms with Gasteiger partial charge in [-0.15, -0.1) is 0 Å². The second-order valence-electron chi connectivity index (χ2n) is 4.52. The van der Waals surface area contributed by atoms with Crippen LogP contribution in [0.15, 0.2) is 47.1 Å². The van der Waals surface area contributed by atoms with Crippen LogP contribution in [-0.4, -0.2) is 17.9 Å². The number of rotatable bonds is 5. The molecule has 0 spiro atoms. The fraction of sp³-hybridized carbons (Fsp3) is 0.200. The molecule has 0 fully saturated rings. The first-order valence-corrected chi connectivity index (χ1v) is 6.61. The molecule has 21 heavy (non-hydrogen) atoms. The van der Waals surface area contributed by atoms with E-state index in [1.165, 1.54) is 6.26 Å². The molecule has 0 saturated heterocycles. The molecule has 0 saturated carbocycles. The molecule has 1 unspecified atom stereocenters. The van der Waals surface area contributed by atoms with Crippen molar-refractivity contribution in [2.24, 2.45) is 5.73 Å². The van der Waals surface area contributed by atoms with Crippen LogP contribution in [0.4, 0.5) is 11.4 Å². The van der Waals surface area contributed by atoms with Crippen molar-refractivity contribution >= 4 is 23.2 Å². The molecule has 0 radical (unpaired) electrons. The molecular weight excluding hydrogens is 270 g/mol. The summed E-state index contributed by atoms with van der Waals surface area (Å²) in [6.45, 7) is 1.84. The number of carbonyl (C=O) groups is 2. The molecule has 2 rings (SSSR count). The number of nitrogens with one attached hydrogen (secondary N) is 2. The van der Waals surface area contributed by atoms with Gasteiger partial charge in [-0.05, 0) is 36.8 Å². The zero-order valence-electron chi connectivity index (χ0n) is 11.6. The van der Waals surface area contributed by atoms with Crippen molar-refractivity contribution in [3.05, 3.63) is 48.4 Å². The van der Waals surface area contributed by atoms with Gasteiger partial charge in [-0.25, -0.2) is 0 Å². The number of hydrogen-bond donors (Lipinski definition) is 3. The summed E-state index contributed by atoms with van der Waals surface area (Å²) in [4.78, 5) is 23.6. The van der Waals surface area contributed by atoms with Crippen LogP contribution in [0.5, 0.6) is 0 Å². The van der Waals surface area contributed by atoms with E-state index in [1.807, 2.05) is 6.92 Å². The van der Waals surface area contributed by atoms with E-state index in [0.29, 0.717) is 17.8 Å². The van der Waals surface area contributed by atoms with E-state index in [0.717, 1.165) is 0 Å². The number of benzene rings is 1.